The molecule has 3 aromatic rings. The van der Waals surface area contributed by atoms with Gasteiger partial charge in [-0.05, 0) is 36.2 Å². The Morgan fingerprint density at radius 3 is 2.32 bits per heavy atom. The molecule has 0 bridgehead atoms. The SMILES string of the molecule is CCc1ccc(OC)c(-n2nc3ccccc3n2)c1. The molecule has 0 saturated heterocycles. The minimum atomic E-state index is 0.775. The summed E-state index contributed by atoms with van der Waals surface area (Å²) in [4.78, 5) is 1.64. The molecular weight excluding hydrogens is 238 g/mol. The Morgan fingerprint density at radius 2 is 1.74 bits per heavy atom. The number of ether oxygens (including phenoxy) is 1. The first-order chi connectivity index (χ1) is 9.31. The standard InChI is InChI=1S/C15H15N3O/c1-3-11-8-9-15(19-2)14(10-11)18-16-12-6-4-5-7-13(12)17-18/h4-10H,3H2,1-2H3. The number of methoxy groups -OCH3 is 1. The highest BCUT2D eigenvalue weighted by Crippen LogP contribution is 2.24. The molecule has 0 unspecified atom stereocenters. The van der Waals surface area contributed by atoms with Gasteiger partial charge in [-0.1, -0.05) is 25.1 Å². The molecule has 0 aliphatic carbocycles. The molecule has 19 heavy (non-hydrogen) atoms. The number of benzene rings is 2. The predicted octanol–water partition coefficient (Wildman–Crippen LogP) is 2.99. The van der Waals surface area contributed by atoms with Crippen LogP contribution in [-0.4, -0.2) is 22.1 Å². The summed E-state index contributed by atoms with van der Waals surface area (Å²) in [6.45, 7) is 2.12. The number of aryl methyl sites for hydroxylation is 1. The van der Waals surface area contributed by atoms with Crippen LogP contribution in [0.5, 0.6) is 5.75 Å². The van der Waals surface area contributed by atoms with Crippen LogP contribution in [-0.2, 0) is 6.42 Å². The fourth-order valence-corrected chi connectivity index (χ4v) is 2.08. The summed E-state index contributed by atoms with van der Waals surface area (Å²) < 4.78 is 5.39. The van der Waals surface area contributed by atoms with Gasteiger partial charge in [0.2, 0.25) is 0 Å². The van der Waals surface area contributed by atoms with E-state index < -0.39 is 0 Å². The van der Waals surface area contributed by atoms with Gasteiger partial charge >= 0.3 is 0 Å². The smallest absolute Gasteiger partial charge is 0.146 e. The molecule has 4 heteroatoms. The quantitative estimate of drug-likeness (QED) is 0.720. The third-order valence-corrected chi connectivity index (χ3v) is 3.15. The van der Waals surface area contributed by atoms with Crippen LogP contribution < -0.4 is 4.74 Å². The first-order valence-corrected chi connectivity index (χ1v) is 6.31. The molecule has 3 rings (SSSR count). The largest absolute Gasteiger partial charge is 0.494 e. The molecule has 0 spiro atoms. The minimum Gasteiger partial charge on any atom is -0.494 e. The second-order valence-electron chi connectivity index (χ2n) is 4.34. The number of rotatable bonds is 3. The fourth-order valence-electron chi connectivity index (χ4n) is 2.08. The van der Waals surface area contributed by atoms with Gasteiger partial charge < -0.3 is 4.74 Å². The van der Waals surface area contributed by atoms with Gasteiger partial charge in [-0.25, -0.2) is 0 Å². The topological polar surface area (TPSA) is 39.9 Å². The first-order valence-electron chi connectivity index (χ1n) is 6.31. The highest BCUT2D eigenvalue weighted by Gasteiger charge is 2.10. The molecule has 0 aliphatic rings. The summed E-state index contributed by atoms with van der Waals surface area (Å²) in [5.41, 5.74) is 3.87. The van der Waals surface area contributed by atoms with Gasteiger partial charge in [0.15, 0.2) is 0 Å². The number of hydrogen-bond donors (Lipinski definition) is 0. The summed E-state index contributed by atoms with van der Waals surface area (Å²) in [5.74, 6) is 0.775. The van der Waals surface area contributed by atoms with Gasteiger partial charge in [-0.2, -0.15) is 0 Å². The van der Waals surface area contributed by atoms with Crippen molar-refractivity contribution in [2.75, 3.05) is 7.11 Å². The molecule has 0 N–H and O–H groups in total. The number of nitrogens with zero attached hydrogens (tertiary/aromatic N) is 3. The van der Waals surface area contributed by atoms with Crippen LogP contribution in [0, 0.1) is 0 Å². The van der Waals surface area contributed by atoms with Crippen LogP contribution in [0.1, 0.15) is 12.5 Å². The summed E-state index contributed by atoms with van der Waals surface area (Å²) >= 11 is 0. The van der Waals surface area contributed by atoms with Crippen LogP contribution in [0.25, 0.3) is 16.7 Å². The highest BCUT2D eigenvalue weighted by molar-refractivity contribution is 5.73. The van der Waals surface area contributed by atoms with Gasteiger partial charge in [0.1, 0.15) is 22.5 Å². The van der Waals surface area contributed by atoms with Crippen LogP contribution >= 0.6 is 0 Å². The van der Waals surface area contributed by atoms with Crippen molar-refractivity contribution in [2.45, 2.75) is 13.3 Å². The molecule has 0 aliphatic heterocycles. The first kappa shape index (κ1) is 11.7. The Balaban J connectivity index is 2.19. The summed E-state index contributed by atoms with van der Waals surface area (Å²) in [6.07, 6.45) is 0.970. The molecule has 0 radical (unpaired) electrons. The molecule has 0 saturated carbocycles. The molecule has 2 aromatic carbocycles. The molecule has 1 aromatic heterocycles. The van der Waals surface area contributed by atoms with Gasteiger partial charge in [-0.15, -0.1) is 15.0 Å². The normalized spacial score (nSPS) is 10.8. The Kier molecular flexibility index (Phi) is 2.91. The zero-order valence-electron chi connectivity index (χ0n) is 11.0. The summed E-state index contributed by atoms with van der Waals surface area (Å²) in [6, 6.07) is 13.9. The number of fused-ring (bicyclic) bond motifs is 1. The van der Waals surface area contributed by atoms with Crippen molar-refractivity contribution < 1.29 is 4.74 Å². The van der Waals surface area contributed by atoms with E-state index in [-0.39, 0.29) is 0 Å². The van der Waals surface area contributed by atoms with Gasteiger partial charge in [0, 0.05) is 0 Å². The average Bonchev–Trinajstić information content (AvgIpc) is 2.90. The number of hydrogen-bond acceptors (Lipinski definition) is 3. The highest BCUT2D eigenvalue weighted by atomic mass is 16.5. The second-order valence-corrected chi connectivity index (χ2v) is 4.34. The van der Waals surface area contributed by atoms with Crippen molar-refractivity contribution in [3.05, 3.63) is 48.0 Å². The third-order valence-electron chi connectivity index (χ3n) is 3.15. The molecule has 0 atom stereocenters. The van der Waals surface area contributed by atoms with E-state index in [4.69, 9.17) is 4.74 Å². The number of aromatic nitrogens is 3. The van der Waals surface area contributed by atoms with Crippen molar-refractivity contribution in [2.24, 2.45) is 0 Å². The molecule has 0 fully saturated rings. The fraction of sp³-hybridized carbons (Fsp3) is 0.200. The van der Waals surface area contributed by atoms with Crippen LogP contribution in [0.2, 0.25) is 0 Å². The van der Waals surface area contributed by atoms with Crippen molar-refractivity contribution in [3.63, 3.8) is 0 Å². The van der Waals surface area contributed by atoms with Crippen molar-refractivity contribution in [1.29, 1.82) is 0 Å². The van der Waals surface area contributed by atoms with E-state index in [9.17, 15) is 0 Å². The maximum Gasteiger partial charge on any atom is 0.146 e. The second kappa shape index (κ2) is 4.72. The lowest BCUT2D eigenvalue weighted by atomic mass is 10.1. The minimum absolute atomic E-state index is 0.775. The van der Waals surface area contributed by atoms with Gasteiger partial charge in [0.05, 0.1) is 7.11 Å². The Morgan fingerprint density at radius 1 is 1.05 bits per heavy atom. The molecule has 96 valence electrons. The van der Waals surface area contributed by atoms with E-state index >= 15 is 0 Å². The zero-order valence-corrected chi connectivity index (χ0v) is 11.0. The lowest BCUT2D eigenvalue weighted by molar-refractivity contribution is 0.410. The third kappa shape index (κ3) is 2.05. The van der Waals surface area contributed by atoms with Crippen LogP contribution in [0.4, 0.5) is 0 Å². The molecule has 0 amide bonds. The van der Waals surface area contributed by atoms with Crippen molar-refractivity contribution in [1.82, 2.24) is 15.0 Å². The van der Waals surface area contributed by atoms with Crippen molar-refractivity contribution in [3.8, 4) is 11.4 Å². The Hall–Kier alpha value is -2.36. The Labute approximate surface area is 111 Å². The monoisotopic (exact) mass is 253 g/mol. The van der Waals surface area contributed by atoms with Crippen LogP contribution in [0.3, 0.4) is 0 Å². The van der Waals surface area contributed by atoms with E-state index in [0.717, 1.165) is 28.9 Å². The lowest BCUT2D eigenvalue weighted by Gasteiger charge is -2.08. The van der Waals surface area contributed by atoms with E-state index in [1.807, 2.05) is 30.3 Å². The van der Waals surface area contributed by atoms with Gasteiger partial charge in [-0.3, -0.25) is 0 Å². The average molecular weight is 253 g/mol. The molecule has 4 nitrogen and oxygen atoms in total. The lowest BCUT2D eigenvalue weighted by Crippen LogP contribution is -2.02. The maximum atomic E-state index is 5.39. The van der Waals surface area contributed by atoms with E-state index in [0.29, 0.717) is 0 Å². The van der Waals surface area contributed by atoms with E-state index in [1.54, 1.807) is 11.9 Å². The van der Waals surface area contributed by atoms with E-state index in [1.165, 1.54) is 5.56 Å². The molecule has 1 heterocycles. The summed E-state index contributed by atoms with van der Waals surface area (Å²) in [7, 11) is 1.66. The Bertz CT molecular complexity index is 685. The predicted molar refractivity (Wildman–Crippen MR) is 74.8 cm³/mol. The van der Waals surface area contributed by atoms with Gasteiger partial charge in [0.25, 0.3) is 0 Å². The van der Waals surface area contributed by atoms with Crippen LogP contribution in [0.15, 0.2) is 42.5 Å². The maximum absolute atomic E-state index is 5.39. The van der Waals surface area contributed by atoms with Crippen molar-refractivity contribution >= 4 is 11.0 Å². The summed E-state index contributed by atoms with van der Waals surface area (Å²) in [5, 5.41) is 8.99. The zero-order chi connectivity index (χ0) is 13.2. The molecular formula is C15H15N3O. The van der Waals surface area contributed by atoms with E-state index in [2.05, 4.69) is 29.3 Å².